The van der Waals surface area contributed by atoms with Crippen molar-refractivity contribution in [2.75, 3.05) is 5.73 Å². The maximum atomic E-state index is 12.6. The lowest BCUT2D eigenvalue weighted by Crippen LogP contribution is -2.01. The number of ketones is 1. The summed E-state index contributed by atoms with van der Waals surface area (Å²) >= 11 is 9.29. The molecule has 3 rings (SSSR count). The summed E-state index contributed by atoms with van der Waals surface area (Å²) in [7, 11) is 0. The Morgan fingerprint density at radius 1 is 1.20 bits per heavy atom. The predicted molar refractivity (Wildman–Crippen MR) is 85.3 cm³/mol. The number of carbonyl (C=O) groups excluding carboxylic acids is 1. The fourth-order valence-corrected chi connectivity index (χ4v) is 2.60. The average molecular weight is 350 g/mol. The van der Waals surface area contributed by atoms with Crippen molar-refractivity contribution < 1.29 is 4.79 Å². The van der Waals surface area contributed by atoms with E-state index < -0.39 is 0 Å². The lowest BCUT2D eigenvalue weighted by Gasteiger charge is -2.03. The zero-order chi connectivity index (χ0) is 14.3. The molecule has 0 bridgehead atoms. The molecule has 0 radical (unpaired) electrons. The first-order chi connectivity index (χ1) is 9.56. The van der Waals surface area contributed by atoms with Gasteiger partial charge in [-0.05, 0) is 36.4 Å². The van der Waals surface area contributed by atoms with E-state index in [-0.39, 0.29) is 5.78 Å². The highest BCUT2D eigenvalue weighted by Crippen LogP contribution is 2.26. The number of carbonyl (C=O) groups is 1. The van der Waals surface area contributed by atoms with Crippen molar-refractivity contribution in [2.24, 2.45) is 0 Å². The summed E-state index contributed by atoms with van der Waals surface area (Å²) in [4.78, 5) is 15.7. The third-order valence-electron chi connectivity index (χ3n) is 3.15. The standard InChI is InChI=1S/C15H10BrClN2O/c16-9-2-4-14-10(6-9)11(7-19-14)15(20)8-1-3-12(17)13(18)5-8/h1-7,19H,18H2. The normalized spacial score (nSPS) is 10.9. The van der Waals surface area contributed by atoms with Crippen LogP contribution < -0.4 is 5.73 Å². The van der Waals surface area contributed by atoms with Gasteiger partial charge in [-0.1, -0.05) is 27.5 Å². The van der Waals surface area contributed by atoms with Gasteiger partial charge in [0.25, 0.3) is 0 Å². The van der Waals surface area contributed by atoms with Crippen LogP contribution in [0.2, 0.25) is 5.02 Å². The van der Waals surface area contributed by atoms with Crippen LogP contribution in [0.4, 0.5) is 5.69 Å². The Labute approximate surface area is 128 Å². The summed E-state index contributed by atoms with van der Waals surface area (Å²) in [5.41, 5.74) is 8.20. The third kappa shape index (κ3) is 2.21. The molecule has 0 amide bonds. The van der Waals surface area contributed by atoms with Crippen molar-refractivity contribution in [3.05, 3.63) is 63.2 Å². The van der Waals surface area contributed by atoms with E-state index in [0.29, 0.717) is 21.8 Å². The van der Waals surface area contributed by atoms with Crippen LogP contribution in [-0.2, 0) is 0 Å². The Kier molecular flexibility index (Phi) is 3.28. The van der Waals surface area contributed by atoms with Crippen molar-refractivity contribution in [2.45, 2.75) is 0 Å². The molecular formula is C15H10BrClN2O. The smallest absolute Gasteiger partial charge is 0.195 e. The molecule has 0 unspecified atom stereocenters. The van der Waals surface area contributed by atoms with Crippen molar-refractivity contribution in [3.63, 3.8) is 0 Å². The number of hydrogen-bond acceptors (Lipinski definition) is 2. The number of benzene rings is 2. The topological polar surface area (TPSA) is 58.9 Å². The van der Waals surface area contributed by atoms with Gasteiger partial charge in [0.15, 0.2) is 5.78 Å². The van der Waals surface area contributed by atoms with E-state index in [2.05, 4.69) is 20.9 Å². The van der Waals surface area contributed by atoms with Crippen LogP contribution in [0.1, 0.15) is 15.9 Å². The second-order valence-electron chi connectivity index (χ2n) is 4.46. The molecule has 0 aliphatic carbocycles. The van der Waals surface area contributed by atoms with Gasteiger partial charge in [-0.3, -0.25) is 4.79 Å². The summed E-state index contributed by atoms with van der Waals surface area (Å²) in [6.45, 7) is 0. The summed E-state index contributed by atoms with van der Waals surface area (Å²) in [6, 6.07) is 10.7. The van der Waals surface area contributed by atoms with Crippen LogP contribution in [0.3, 0.4) is 0 Å². The summed E-state index contributed by atoms with van der Waals surface area (Å²) < 4.78 is 0.925. The molecule has 3 aromatic rings. The Balaban J connectivity index is 2.12. The minimum Gasteiger partial charge on any atom is -0.398 e. The van der Waals surface area contributed by atoms with Crippen molar-refractivity contribution in [1.29, 1.82) is 0 Å². The average Bonchev–Trinajstić information content (AvgIpc) is 2.84. The number of anilines is 1. The molecule has 5 heteroatoms. The Morgan fingerprint density at radius 2 is 2.00 bits per heavy atom. The second-order valence-corrected chi connectivity index (χ2v) is 5.78. The molecule has 1 heterocycles. The molecule has 0 spiro atoms. The molecule has 0 atom stereocenters. The molecule has 2 aromatic carbocycles. The third-order valence-corrected chi connectivity index (χ3v) is 3.98. The summed E-state index contributed by atoms with van der Waals surface area (Å²) in [5, 5.41) is 1.32. The number of nitrogens with two attached hydrogens (primary N) is 1. The number of nitrogen functional groups attached to an aromatic ring is 1. The molecule has 20 heavy (non-hydrogen) atoms. The predicted octanol–water partition coefficient (Wildman–Crippen LogP) is 4.40. The van der Waals surface area contributed by atoms with E-state index >= 15 is 0 Å². The molecule has 1 aromatic heterocycles. The number of nitrogens with one attached hydrogen (secondary N) is 1. The van der Waals surface area contributed by atoms with Gasteiger partial charge >= 0.3 is 0 Å². The fourth-order valence-electron chi connectivity index (χ4n) is 2.12. The van der Waals surface area contributed by atoms with E-state index in [4.69, 9.17) is 17.3 Å². The molecule has 3 nitrogen and oxygen atoms in total. The first kappa shape index (κ1) is 13.2. The van der Waals surface area contributed by atoms with E-state index in [1.807, 2.05) is 18.2 Å². The van der Waals surface area contributed by atoms with Gasteiger partial charge in [-0.2, -0.15) is 0 Å². The van der Waals surface area contributed by atoms with Crippen LogP contribution in [0.5, 0.6) is 0 Å². The van der Waals surface area contributed by atoms with E-state index in [1.165, 1.54) is 0 Å². The maximum absolute atomic E-state index is 12.6. The number of hydrogen-bond donors (Lipinski definition) is 2. The molecule has 0 fully saturated rings. The first-order valence-corrected chi connectivity index (χ1v) is 7.10. The van der Waals surface area contributed by atoms with Crippen molar-refractivity contribution >= 4 is 49.9 Å². The van der Waals surface area contributed by atoms with Gasteiger partial charge in [-0.15, -0.1) is 0 Å². The van der Waals surface area contributed by atoms with Crippen LogP contribution in [0.15, 0.2) is 47.1 Å². The SMILES string of the molecule is Nc1cc(C(=O)c2c[nH]c3ccc(Br)cc23)ccc1Cl. The molecule has 100 valence electrons. The lowest BCUT2D eigenvalue weighted by atomic mass is 10.0. The minimum atomic E-state index is -0.0854. The number of rotatable bonds is 2. The fraction of sp³-hybridized carbons (Fsp3) is 0. The highest BCUT2D eigenvalue weighted by Gasteiger charge is 2.15. The molecule has 3 N–H and O–H groups in total. The van der Waals surface area contributed by atoms with Gasteiger partial charge in [0.2, 0.25) is 0 Å². The van der Waals surface area contributed by atoms with Gasteiger partial charge in [-0.25, -0.2) is 0 Å². The van der Waals surface area contributed by atoms with Gasteiger partial charge in [0, 0.05) is 32.7 Å². The van der Waals surface area contributed by atoms with E-state index in [1.54, 1.807) is 24.4 Å². The number of fused-ring (bicyclic) bond motifs is 1. The maximum Gasteiger partial charge on any atom is 0.195 e. The van der Waals surface area contributed by atoms with E-state index in [0.717, 1.165) is 15.4 Å². The van der Waals surface area contributed by atoms with Gasteiger partial charge in [0.05, 0.1) is 10.7 Å². The zero-order valence-electron chi connectivity index (χ0n) is 10.3. The summed E-state index contributed by atoms with van der Waals surface area (Å²) in [5.74, 6) is -0.0854. The Bertz CT molecular complexity index is 826. The monoisotopic (exact) mass is 348 g/mol. The van der Waals surface area contributed by atoms with E-state index in [9.17, 15) is 4.79 Å². The zero-order valence-corrected chi connectivity index (χ0v) is 12.6. The Hall–Kier alpha value is -1.78. The van der Waals surface area contributed by atoms with Crippen LogP contribution in [0, 0.1) is 0 Å². The molecular weight excluding hydrogens is 340 g/mol. The van der Waals surface area contributed by atoms with Gasteiger partial charge in [0.1, 0.15) is 0 Å². The Morgan fingerprint density at radius 3 is 2.75 bits per heavy atom. The summed E-state index contributed by atoms with van der Waals surface area (Å²) in [6.07, 6.45) is 1.71. The van der Waals surface area contributed by atoms with Crippen LogP contribution in [0.25, 0.3) is 10.9 Å². The van der Waals surface area contributed by atoms with Crippen molar-refractivity contribution in [1.82, 2.24) is 4.98 Å². The molecule has 0 aliphatic rings. The van der Waals surface area contributed by atoms with Crippen LogP contribution >= 0.6 is 27.5 Å². The highest BCUT2D eigenvalue weighted by atomic mass is 79.9. The molecule has 0 saturated carbocycles. The quantitative estimate of drug-likeness (QED) is 0.532. The number of halogens is 2. The largest absolute Gasteiger partial charge is 0.398 e. The number of aromatic nitrogens is 1. The lowest BCUT2D eigenvalue weighted by molar-refractivity contribution is 0.104. The van der Waals surface area contributed by atoms with Gasteiger partial charge < -0.3 is 10.7 Å². The minimum absolute atomic E-state index is 0.0854. The number of aromatic amines is 1. The molecule has 0 aliphatic heterocycles. The molecule has 0 saturated heterocycles. The highest BCUT2D eigenvalue weighted by molar-refractivity contribution is 9.10. The van der Waals surface area contributed by atoms with Crippen LogP contribution in [-0.4, -0.2) is 10.8 Å². The second kappa shape index (κ2) is 4.96. The first-order valence-electron chi connectivity index (χ1n) is 5.92. The number of H-pyrrole nitrogens is 1. The van der Waals surface area contributed by atoms with Crippen molar-refractivity contribution in [3.8, 4) is 0 Å².